The molecule has 22 heavy (non-hydrogen) atoms. The van der Waals surface area contributed by atoms with E-state index in [4.69, 9.17) is 20.8 Å². The Bertz CT molecular complexity index is 743. The summed E-state index contributed by atoms with van der Waals surface area (Å²) in [4.78, 5) is 0. The average Bonchev–Trinajstić information content (AvgIpc) is 3.14. The van der Waals surface area contributed by atoms with Crippen molar-refractivity contribution in [3.63, 3.8) is 0 Å². The summed E-state index contributed by atoms with van der Waals surface area (Å²) in [6.07, 6.45) is 1.62. The van der Waals surface area contributed by atoms with Crippen molar-refractivity contribution in [1.29, 1.82) is 0 Å². The lowest BCUT2D eigenvalue weighted by Crippen LogP contribution is -2.02. The van der Waals surface area contributed by atoms with E-state index in [1.807, 2.05) is 41.9 Å². The third-order valence-corrected chi connectivity index (χ3v) is 4.18. The molecule has 0 spiro atoms. The number of benzene rings is 1. The summed E-state index contributed by atoms with van der Waals surface area (Å²) in [6.45, 7) is 0.563. The molecule has 7 heteroatoms. The minimum absolute atomic E-state index is 0.563. The molecule has 0 bridgehead atoms. The fraction of sp³-hybridized carbons (Fsp3) is 0.200. The van der Waals surface area contributed by atoms with Crippen LogP contribution in [-0.2, 0) is 7.05 Å². The number of nitrogens with zero attached hydrogens (tertiary/aromatic N) is 3. The van der Waals surface area contributed by atoms with E-state index in [0.29, 0.717) is 23.2 Å². The van der Waals surface area contributed by atoms with Crippen LogP contribution in [0.25, 0.3) is 11.6 Å². The Labute approximate surface area is 137 Å². The predicted octanol–water partition coefficient (Wildman–Crippen LogP) is 3.90. The lowest BCUT2D eigenvalue weighted by Gasteiger charge is -2.06. The molecule has 0 unspecified atom stereocenters. The number of hydrogen-bond acceptors (Lipinski definition) is 5. The van der Waals surface area contributed by atoms with E-state index < -0.39 is 0 Å². The van der Waals surface area contributed by atoms with Crippen LogP contribution >= 0.6 is 23.4 Å². The second-order valence-corrected chi connectivity index (χ2v) is 6.00. The summed E-state index contributed by atoms with van der Waals surface area (Å²) in [6, 6.07) is 11.1. The van der Waals surface area contributed by atoms with Gasteiger partial charge in [-0.05, 0) is 30.3 Å². The van der Waals surface area contributed by atoms with Crippen LogP contribution in [0.15, 0.2) is 52.2 Å². The maximum absolute atomic E-state index is 5.91. The lowest BCUT2D eigenvalue weighted by molar-refractivity contribution is 0.344. The van der Waals surface area contributed by atoms with Gasteiger partial charge in [-0.2, -0.15) is 0 Å². The fourth-order valence-electron chi connectivity index (χ4n) is 1.91. The van der Waals surface area contributed by atoms with Crippen molar-refractivity contribution >= 4 is 23.4 Å². The van der Waals surface area contributed by atoms with Gasteiger partial charge in [0, 0.05) is 17.8 Å². The Morgan fingerprint density at radius 2 is 2.18 bits per heavy atom. The van der Waals surface area contributed by atoms with Crippen molar-refractivity contribution < 1.29 is 9.15 Å². The first-order valence-corrected chi connectivity index (χ1v) is 8.05. The zero-order chi connectivity index (χ0) is 15.4. The highest BCUT2D eigenvalue weighted by molar-refractivity contribution is 7.99. The first kappa shape index (κ1) is 15.0. The summed E-state index contributed by atoms with van der Waals surface area (Å²) < 4.78 is 12.9. The average molecular weight is 336 g/mol. The molecule has 0 aliphatic heterocycles. The molecule has 2 aromatic heterocycles. The Morgan fingerprint density at radius 3 is 2.95 bits per heavy atom. The van der Waals surface area contributed by atoms with Crippen LogP contribution in [0.3, 0.4) is 0 Å². The summed E-state index contributed by atoms with van der Waals surface area (Å²) in [5.74, 6) is 2.94. The summed E-state index contributed by atoms with van der Waals surface area (Å²) in [5.41, 5.74) is 0. The molecule has 0 aliphatic rings. The number of thioether (sulfide) groups is 1. The molecule has 0 atom stereocenters. The Kier molecular flexibility index (Phi) is 4.70. The van der Waals surface area contributed by atoms with Crippen molar-refractivity contribution in [2.45, 2.75) is 5.16 Å². The van der Waals surface area contributed by atoms with Gasteiger partial charge in [0.05, 0.1) is 12.9 Å². The number of ether oxygens (including phenoxy) is 1. The number of furan rings is 1. The van der Waals surface area contributed by atoms with Crippen LogP contribution in [0, 0.1) is 0 Å². The van der Waals surface area contributed by atoms with E-state index in [2.05, 4.69) is 10.2 Å². The van der Waals surface area contributed by atoms with Crippen LogP contribution in [0.2, 0.25) is 5.02 Å². The quantitative estimate of drug-likeness (QED) is 0.505. The molecule has 114 valence electrons. The highest BCUT2D eigenvalue weighted by Crippen LogP contribution is 2.23. The molecule has 0 amide bonds. The zero-order valence-electron chi connectivity index (χ0n) is 11.9. The highest BCUT2D eigenvalue weighted by atomic mass is 35.5. The Balaban J connectivity index is 1.54. The van der Waals surface area contributed by atoms with E-state index in [0.717, 1.165) is 16.7 Å². The molecule has 0 N–H and O–H groups in total. The van der Waals surface area contributed by atoms with Crippen molar-refractivity contribution in [1.82, 2.24) is 14.8 Å². The summed E-state index contributed by atoms with van der Waals surface area (Å²) in [7, 11) is 1.91. The van der Waals surface area contributed by atoms with E-state index in [9.17, 15) is 0 Å². The SMILES string of the molecule is Cn1c(SCCOc2cccc(Cl)c2)nnc1-c1ccco1. The third-order valence-electron chi connectivity index (χ3n) is 2.96. The van der Waals surface area contributed by atoms with Crippen LogP contribution in [-0.4, -0.2) is 27.1 Å². The first-order chi connectivity index (χ1) is 10.7. The topological polar surface area (TPSA) is 53.1 Å². The van der Waals surface area contributed by atoms with Crippen molar-refractivity contribution in [2.24, 2.45) is 7.05 Å². The molecule has 1 aromatic carbocycles. The number of halogens is 1. The Morgan fingerprint density at radius 1 is 1.27 bits per heavy atom. The van der Waals surface area contributed by atoms with Gasteiger partial charge in [0.15, 0.2) is 16.7 Å². The van der Waals surface area contributed by atoms with E-state index in [1.54, 1.807) is 24.1 Å². The molecule has 3 rings (SSSR count). The second kappa shape index (κ2) is 6.89. The molecule has 2 heterocycles. The molecule has 0 aliphatic carbocycles. The van der Waals surface area contributed by atoms with Crippen LogP contribution in [0.4, 0.5) is 0 Å². The third kappa shape index (κ3) is 3.45. The van der Waals surface area contributed by atoms with Gasteiger partial charge in [-0.3, -0.25) is 0 Å². The van der Waals surface area contributed by atoms with Crippen LogP contribution in [0.1, 0.15) is 0 Å². The fourth-order valence-corrected chi connectivity index (χ4v) is 2.82. The van der Waals surface area contributed by atoms with Gasteiger partial charge in [0.1, 0.15) is 5.75 Å². The summed E-state index contributed by atoms with van der Waals surface area (Å²) in [5, 5.41) is 9.80. The Hall–Kier alpha value is -1.92. The van der Waals surface area contributed by atoms with Gasteiger partial charge in [-0.25, -0.2) is 0 Å². The van der Waals surface area contributed by atoms with Crippen LogP contribution in [0.5, 0.6) is 5.75 Å². The van der Waals surface area contributed by atoms with E-state index in [1.165, 1.54) is 0 Å². The van der Waals surface area contributed by atoms with Gasteiger partial charge in [-0.15, -0.1) is 10.2 Å². The van der Waals surface area contributed by atoms with Gasteiger partial charge in [0.2, 0.25) is 0 Å². The normalized spacial score (nSPS) is 10.8. The zero-order valence-corrected chi connectivity index (χ0v) is 13.5. The van der Waals surface area contributed by atoms with E-state index >= 15 is 0 Å². The highest BCUT2D eigenvalue weighted by Gasteiger charge is 2.12. The predicted molar refractivity (Wildman–Crippen MR) is 86.4 cm³/mol. The maximum Gasteiger partial charge on any atom is 0.200 e. The van der Waals surface area contributed by atoms with Crippen molar-refractivity contribution in [3.8, 4) is 17.3 Å². The number of rotatable bonds is 6. The van der Waals surface area contributed by atoms with Gasteiger partial charge in [-0.1, -0.05) is 29.4 Å². The molecular weight excluding hydrogens is 322 g/mol. The van der Waals surface area contributed by atoms with Gasteiger partial charge < -0.3 is 13.7 Å². The monoisotopic (exact) mass is 335 g/mol. The van der Waals surface area contributed by atoms with E-state index in [-0.39, 0.29) is 0 Å². The summed E-state index contributed by atoms with van der Waals surface area (Å²) >= 11 is 7.49. The maximum atomic E-state index is 5.91. The standard InChI is InChI=1S/C15H14ClN3O2S/c1-19-14(13-6-3-7-21-13)17-18-15(19)22-9-8-20-12-5-2-4-11(16)10-12/h2-7,10H,8-9H2,1H3. The number of aromatic nitrogens is 3. The molecule has 5 nitrogen and oxygen atoms in total. The van der Waals surface area contributed by atoms with Crippen LogP contribution < -0.4 is 4.74 Å². The lowest BCUT2D eigenvalue weighted by atomic mass is 10.3. The van der Waals surface area contributed by atoms with Gasteiger partial charge >= 0.3 is 0 Å². The minimum Gasteiger partial charge on any atom is -0.493 e. The molecule has 0 radical (unpaired) electrons. The molecule has 3 aromatic rings. The van der Waals surface area contributed by atoms with Crippen molar-refractivity contribution in [2.75, 3.05) is 12.4 Å². The minimum atomic E-state index is 0.563. The number of hydrogen-bond donors (Lipinski definition) is 0. The molecule has 0 saturated heterocycles. The smallest absolute Gasteiger partial charge is 0.200 e. The largest absolute Gasteiger partial charge is 0.493 e. The molecule has 0 saturated carbocycles. The van der Waals surface area contributed by atoms with Gasteiger partial charge in [0.25, 0.3) is 0 Å². The van der Waals surface area contributed by atoms with Crippen molar-refractivity contribution in [3.05, 3.63) is 47.7 Å². The second-order valence-electron chi connectivity index (χ2n) is 4.50. The first-order valence-electron chi connectivity index (χ1n) is 6.68. The molecular formula is C15H14ClN3O2S. The molecule has 0 fully saturated rings.